The Hall–Kier alpha value is -2.28. The monoisotopic (exact) mass is 353 g/mol. The van der Waals surface area contributed by atoms with Crippen LogP contribution >= 0.6 is 11.6 Å². The highest BCUT2D eigenvalue weighted by Crippen LogP contribution is 2.23. The summed E-state index contributed by atoms with van der Waals surface area (Å²) in [5.41, 5.74) is 0.653. The summed E-state index contributed by atoms with van der Waals surface area (Å²) in [7, 11) is 1.27. The lowest BCUT2D eigenvalue weighted by molar-refractivity contribution is -0.129. The van der Waals surface area contributed by atoms with Crippen LogP contribution < -0.4 is 10.6 Å². The second kappa shape index (κ2) is 7.53. The van der Waals surface area contributed by atoms with E-state index >= 15 is 0 Å². The zero-order valence-electron chi connectivity index (χ0n) is 13.8. The summed E-state index contributed by atoms with van der Waals surface area (Å²) in [5.74, 6) is -0.725. The predicted molar refractivity (Wildman–Crippen MR) is 90.2 cm³/mol. The number of hydrogen-bond acceptors (Lipinski definition) is 4. The van der Waals surface area contributed by atoms with Crippen molar-refractivity contribution in [3.8, 4) is 0 Å². The minimum Gasteiger partial charge on any atom is -0.465 e. The zero-order chi connectivity index (χ0) is 17.9. The zero-order valence-corrected chi connectivity index (χ0v) is 14.5. The standard InChI is InChI=1S/C16H20ClN3O4/c1-9(2)13-14(21)18-6-7-20(13)16(23)19-10-4-5-11(12(17)8-10)15(22)24-3/h4-5,8-9,13H,6-7H2,1-3H3,(H,18,21)(H,19,23). The summed E-state index contributed by atoms with van der Waals surface area (Å²) in [5, 5.41) is 5.65. The number of ether oxygens (including phenoxy) is 1. The Kier molecular flexibility index (Phi) is 5.66. The Morgan fingerprint density at radius 2 is 2.12 bits per heavy atom. The smallest absolute Gasteiger partial charge is 0.339 e. The van der Waals surface area contributed by atoms with Crippen molar-refractivity contribution in [3.05, 3.63) is 28.8 Å². The van der Waals surface area contributed by atoms with Gasteiger partial charge < -0.3 is 20.3 Å². The molecule has 1 saturated heterocycles. The number of halogens is 1. The summed E-state index contributed by atoms with van der Waals surface area (Å²) in [4.78, 5) is 37.5. The molecule has 0 aliphatic carbocycles. The summed E-state index contributed by atoms with van der Waals surface area (Å²) >= 11 is 6.04. The molecule has 1 fully saturated rings. The van der Waals surface area contributed by atoms with Crippen LogP contribution in [0, 0.1) is 5.92 Å². The van der Waals surface area contributed by atoms with Crippen LogP contribution in [0.2, 0.25) is 5.02 Å². The SMILES string of the molecule is COC(=O)c1ccc(NC(=O)N2CCNC(=O)C2C(C)C)cc1Cl. The van der Waals surface area contributed by atoms with Crippen molar-refractivity contribution in [1.29, 1.82) is 0 Å². The van der Waals surface area contributed by atoms with Crippen LogP contribution in [0.3, 0.4) is 0 Å². The lowest BCUT2D eigenvalue weighted by atomic mass is 10.00. The molecule has 1 aliphatic heterocycles. The largest absolute Gasteiger partial charge is 0.465 e. The fourth-order valence-corrected chi connectivity index (χ4v) is 2.90. The molecule has 1 aromatic carbocycles. The molecule has 1 heterocycles. The van der Waals surface area contributed by atoms with Gasteiger partial charge in [0, 0.05) is 18.8 Å². The molecule has 3 amide bonds. The molecule has 0 bridgehead atoms. The van der Waals surface area contributed by atoms with Gasteiger partial charge in [-0.2, -0.15) is 0 Å². The molecule has 2 N–H and O–H groups in total. The van der Waals surface area contributed by atoms with Gasteiger partial charge >= 0.3 is 12.0 Å². The fraction of sp³-hybridized carbons (Fsp3) is 0.438. The van der Waals surface area contributed by atoms with Gasteiger partial charge in [-0.15, -0.1) is 0 Å². The molecule has 0 aromatic heterocycles. The van der Waals surface area contributed by atoms with Crippen LogP contribution in [0.15, 0.2) is 18.2 Å². The Bertz CT molecular complexity index is 663. The third-order valence-electron chi connectivity index (χ3n) is 3.77. The van der Waals surface area contributed by atoms with E-state index in [1.165, 1.54) is 24.1 Å². The van der Waals surface area contributed by atoms with Crippen molar-refractivity contribution in [2.24, 2.45) is 5.92 Å². The Labute approximate surface area is 145 Å². The highest BCUT2D eigenvalue weighted by atomic mass is 35.5. The molecule has 1 aromatic rings. The number of carbonyl (C=O) groups is 3. The van der Waals surface area contributed by atoms with E-state index in [1.807, 2.05) is 13.8 Å². The van der Waals surface area contributed by atoms with Crippen molar-refractivity contribution in [2.75, 3.05) is 25.5 Å². The maximum absolute atomic E-state index is 12.5. The number of nitrogens with one attached hydrogen (secondary N) is 2. The first-order valence-electron chi connectivity index (χ1n) is 7.58. The number of esters is 1. The second-order valence-electron chi connectivity index (χ2n) is 5.79. The molecule has 1 aliphatic rings. The van der Waals surface area contributed by atoms with Crippen molar-refractivity contribution >= 4 is 35.2 Å². The number of urea groups is 1. The number of amides is 3. The van der Waals surface area contributed by atoms with Crippen molar-refractivity contribution in [3.63, 3.8) is 0 Å². The lowest BCUT2D eigenvalue weighted by Crippen LogP contribution is -2.60. The van der Waals surface area contributed by atoms with Gasteiger partial charge in [-0.1, -0.05) is 25.4 Å². The van der Waals surface area contributed by atoms with Crippen LogP contribution in [-0.2, 0) is 9.53 Å². The molecule has 130 valence electrons. The maximum Gasteiger partial charge on any atom is 0.339 e. The Morgan fingerprint density at radius 1 is 1.42 bits per heavy atom. The van der Waals surface area contributed by atoms with Crippen LogP contribution in [0.25, 0.3) is 0 Å². The van der Waals surface area contributed by atoms with E-state index in [9.17, 15) is 14.4 Å². The van der Waals surface area contributed by atoms with Crippen LogP contribution in [0.4, 0.5) is 10.5 Å². The van der Waals surface area contributed by atoms with Gasteiger partial charge in [-0.3, -0.25) is 4.79 Å². The molecule has 7 nitrogen and oxygen atoms in total. The molecule has 1 atom stereocenters. The first-order chi connectivity index (χ1) is 11.3. The summed E-state index contributed by atoms with van der Waals surface area (Å²) in [6.07, 6.45) is 0. The highest BCUT2D eigenvalue weighted by molar-refractivity contribution is 6.34. The van der Waals surface area contributed by atoms with Gasteiger partial charge in [0.05, 0.1) is 17.7 Å². The third-order valence-corrected chi connectivity index (χ3v) is 4.09. The van der Waals surface area contributed by atoms with Gasteiger partial charge in [-0.25, -0.2) is 9.59 Å². The number of benzene rings is 1. The molecule has 1 unspecified atom stereocenters. The van der Waals surface area contributed by atoms with E-state index in [1.54, 1.807) is 6.07 Å². The number of rotatable bonds is 3. The Balaban J connectivity index is 2.15. The Morgan fingerprint density at radius 3 is 2.71 bits per heavy atom. The van der Waals surface area contributed by atoms with E-state index < -0.39 is 12.0 Å². The number of hydrogen-bond donors (Lipinski definition) is 2. The first-order valence-corrected chi connectivity index (χ1v) is 7.96. The quantitative estimate of drug-likeness (QED) is 0.815. The number of carbonyl (C=O) groups excluding carboxylic acids is 3. The van der Waals surface area contributed by atoms with Gasteiger partial charge in [0.25, 0.3) is 0 Å². The van der Waals surface area contributed by atoms with E-state index in [4.69, 9.17) is 11.6 Å². The minimum atomic E-state index is -0.551. The van der Waals surface area contributed by atoms with Crippen molar-refractivity contribution < 1.29 is 19.1 Å². The summed E-state index contributed by atoms with van der Waals surface area (Å²) < 4.78 is 4.62. The molecular weight excluding hydrogens is 334 g/mol. The van der Waals surface area contributed by atoms with Crippen LogP contribution in [0.5, 0.6) is 0 Å². The predicted octanol–water partition coefficient (Wildman–Crippen LogP) is 2.11. The molecule has 0 saturated carbocycles. The average Bonchev–Trinajstić information content (AvgIpc) is 2.53. The van der Waals surface area contributed by atoms with Gasteiger partial charge in [0.2, 0.25) is 5.91 Å². The summed E-state index contributed by atoms with van der Waals surface area (Å²) in [6, 6.07) is 3.60. The topological polar surface area (TPSA) is 87.7 Å². The fourth-order valence-electron chi connectivity index (χ4n) is 2.64. The molecule has 8 heteroatoms. The number of nitrogens with zero attached hydrogens (tertiary/aromatic N) is 1. The number of piperazine rings is 1. The second-order valence-corrected chi connectivity index (χ2v) is 6.20. The number of methoxy groups -OCH3 is 1. The molecular formula is C16H20ClN3O4. The van der Waals surface area contributed by atoms with E-state index in [2.05, 4.69) is 15.4 Å². The first kappa shape index (κ1) is 18.1. The van der Waals surface area contributed by atoms with Crippen LogP contribution in [0.1, 0.15) is 24.2 Å². The van der Waals surface area contributed by atoms with Gasteiger partial charge in [0.1, 0.15) is 6.04 Å². The normalized spacial score (nSPS) is 17.5. The highest BCUT2D eigenvalue weighted by Gasteiger charge is 2.35. The third kappa shape index (κ3) is 3.79. The maximum atomic E-state index is 12.5. The van der Waals surface area contributed by atoms with E-state index in [-0.39, 0.29) is 28.4 Å². The van der Waals surface area contributed by atoms with Gasteiger partial charge in [-0.05, 0) is 24.1 Å². The average molecular weight is 354 g/mol. The lowest BCUT2D eigenvalue weighted by Gasteiger charge is -2.37. The van der Waals surface area contributed by atoms with Crippen molar-refractivity contribution in [1.82, 2.24) is 10.2 Å². The van der Waals surface area contributed by atoms with E-state index in [0.717, 1.165) is 0 Å². The molecule has 0 radical (unpaired) electrons. The minimum absolute atomic E-state index is 0.0126. The van der Waals surface area contributed by atoms with Crippen molar-refractivity contribution in [2.45, 2.75) is 19.9 Å². The molecule has 24 heavy (non-hydrogen) atoms. The number of anilines is 1. The van der Waals surface area contributed by atoms with E-state index in [0.29, 0.717) is 18.8 Å². The molecule has 0 spiro atoms. The molecule has 2 rings (SSSR count). The van der Waals surface area contributed by atoms with Gasteiger partial charge in [0.15, 0.2) is 0 Å². The van der Waals surface area contributed by atoms with Crippen LogP contribution in [-0.4, -0.2) is 49.0 Å². The summed E-state index contributed by atoms with van der Waals surface area (Å²) in [6.45, 7) is 4.61.